The predicted molar refractivity (Wildman–Crippen MR) is 71.1 cm³/mol. The number of carbonyl (C=O) groups excluding carboxylic acids is 2. The number of halogens is 3. The van der Waals surface area contributed by atoms with E-state index >= 15 is 0 Å². The molecule has 0 bridgehead atoms. The van der Waals surface area contributed by atoms with Gasteiger partial charge in [0.15, 0.2) is 0 Å². The minimum atomic E-state index is -4.94. The van der Waals surface area contributed by atoms with Gasteiger partial charge in [-0.05, 0) is 6.92 Å². The molecule has 0 aliphatic carbocycles. The van der Waals surface area contributed by atoms with Crippen LogP contribution in [-0.4, -0.2) is 80.4 Å². The first-order valence-corrected chi connectivity index (χ1v) is 7.16. The lowest BCUT2D eigenvalue weighted by atomic mass is 10.3. The Morgan fingerprint density at radius 1 is 1.23 bits per heavy atom. The number of alkyl halides is 3. The molecule has 6 nitrogen and oxygen atoms in total. The van der Waals surface area contributed by atoms with Crippen LogP contribution < -0.4 is 0 Å². The minimum absolute atomic E-state index is 0.0856. The lowest BCUT2D eigenvalue weighted by Gasteiger charge is -2.30. The van der Waals surface area contributed by atoms with Crippen LogP contribution in [0.15, 0.2) is 0 Å². The van der Waals surface area contributed by atoms with Crippen LogP contribution in [0.25, 0.3) is 0 Å². The molecule has 1 aliphatic rings. The molecule has 9 heteroatoms. The molecule has 0 saturated carbocycles. The SMILES string of the molecule is CCOC(=O)CCN(CCN1CCOCC1)C(=O)C(F)(F)F. The summed E-state index contributed by atoms with van der Waals surface area (Å²) in [5, 5.41) is 0. The summed E-state index contributed by atoms with van der Waals surface area (Å²) < 4.78 is 47.6. The van der Waals surface area contributed by atoms with Gasteiger partial charge in [0, 0.05) is 32.7 Å². The molecule has 0 atom stereocenters. The largest absolute Gasteiger partial charge is 0.471 e. The Morgan fingerprint density at radius 3 is 2.41 bits per heavy atom. The highest BCUT2D eigenvalue weighted by atomic mass is 19.4. The Hall–Kier alpha value is -1.35. The lowest BCUT2D eigenvalue weighted by molar-refractivity contribution is -0.186. The standard InChI is InChI=1S/C13H21F3N2O4/c1-2-22-11(19)3-4-18(12(20)13(14,15)16)6-5-17-7-9-21-10-8-17/h2-10H2,1H3. The van der Waals surface area contributed by atoms with Crippen molar-refractivity contribution in [2.45, 2.75) is 19.5 Å². The first-order chi connectivity index (χ1) is 10.3. The molecule has 1 saturated heterocycles. The van der Waals surface area contributed by atoms with Crippen molar-refractivity contribution in [1.29, 1.82) is 0 Å². The smallest absolute Gasteiger partial charge is 0.466 e. The Bertz CT molecular complexity index is 371. The Balaban J connectivity index is 2.53. The summed E-state index contributed by atoms with van der Waals surface area (Å²) in [4.78, 5) is 25.3. The summed E-state index contributed by atoms with van der Waals surface area (Å²) in [5.41, 5.74) is 0. The van der Waals surface area contributed by atoms with Gasteiger partial charge < -0.3 is 14.4 Å². The van der Waals surface area contributed by atoms with Crippen LogP contribution in [0.4, 0.5) is 13.2 Å². The van der Waals surface area contributed by atoms with Crippen molar-refractivity contribution in [3.63, 3.8) is 0 Å². The highest BCUT2D eigenvalue weighted by Gasteiger charge is 2.42. The number of rotatable bonds is 7. The molecule has 128 valence electrons. The summed E-state index contributed by atoms with van der Waals surface area (Å²) in [6.45, 7) is 3.96. The second-order valence-electron chi connectivity index (χ2n) is 4.80. The molecule has 22 heavy (non-hydrogen) atoms. The van der Waals surface area contributed by atoms with Gasteiger partial charge in [-0.2, -0.15) is 13.2 Å². The van der Waals surface area contributed by atoms with Crippen LogP contribution in [0.5, 0.6) is 0 Å². The van der Waals surface area contributed by atoms with Gasteiger partial charge in [0.25, 0.3) is 0 Å². The van der Waals surface area contributed by atoms with E-state index in [-0.39, 0.29) is 26.1 Å². The fourth-order valence-corrected chi connectivity index (χ4v) is 2.04. The average Bonchev–Trinajstić information content (AvgIpc) is 2.47. The zero-order valence-corrected chi connectivity index (χ0v) is 12.5. The maximum absolute atomic E-state index is 12.6. The zero-order chi connectivity index (χ0) is 16.6. The lowest BCUT2D eigenvalue weighted by Crippen LogP contribution is -2.47. The first kappa shape index (κ1) is 18.7. The van der Waals surface area contributed by atoms with Crippen molar-refractivity contribution in [3.05, 3.63) is 0 Å². The van der Waals surface area contributed by atoms with Gasteiger partial charge in [-0.1, -0.05) is 0 Å². The summed E-state index contributed by atoms with van der Waals surface area (Å²) in [7, 11) is 0. The Kier molecular flexibility index (Phi) is 7.60. The molecule has 0 spiro atoms. The highest BCUT2D eigenvalue weighted by molar-refractivity contribution is 5.82. The van der Waals surface area contributed by atoms with E-state index < -0.39 is 18.1 Å². The van der Waals surface area contributed by atoms with Crippen LogP contribution in [0.3, 0.4) is 0 Å². The van der Waals surface area contributed by atoms with E-state index in [1.54, 1.807) is 6.92 Å². The normalized spacial score (nSPS) is 16.4. The van der Waals surface area contributed by atoms with Gasteiger partial charge in [-0.15, -0.1) is 0 Å². The number of hydrogen-bond donors (Lipinski definition) is 0. The molecule has 0 aromatic rings. The maximum Gasteiger partial charge on any atom is 0.471 e. The number of amides is 1. The van der Waals surface area contributed by atoms with E-state index in [2.05, 4.69) is 4.74 Å². The quantitative estimate of drug-likeness (QED) is 0.644. The highest BCUT2D eigenvalue weighted by Crippen LogP contribution is 2.18. The third-order valence-electron chi connectivity index (χ3n) is 3.21. The molecular weight excluding hydrogens is 305 g/mol. The molecule has 1 rings (SSSR count). The summed E-state index contributed by atoms with van der Waals surface area (Å²) >= 11 is 0. The van der Waals surface area contributed by atoms with Crippen molar-refractivity contribution < 1.29 is 32.2 Å². The maximum atomic E-state index is 12.6. The van der Waals surface area contributed by atoms with Crippen LogP contribution in [0.2, 0.25) is 0 Å². The van der Waals surface area contributed by atoms with E-state index in [9.17, 15) is 22.8 Å². The van der Waals surface area contributed by atoms with Gasteiger partial charge in [-0.3, -0.25) is 14.5 Å². The molecule has 1 amide bonds. The first-order valence-electron chi connectivity index (χ1n) is 7.16. The summed E-state index contributed by atoms with van der Waals surface area (Å²) in [6, 6.07) is 0. The summed E-state index contributed by atoms with van der Waals surface area (Å²) in [5.74, 6) is -2.54. The van der Waals surface area contributed by atoms with E-state index in [4.69, 9.17) is 4.74 Å². The second-order valence-corrected chi connectivity index (χ2v) is 4.80. The average molecular weight is 326 g/mol. The van der Waals surface area contributed by atoms with Crippen LogP contribution >= 0.6 is 0 Å². The molecular formula is C13H21F3N2O4. The third kappa shape index (κ3) is 6.61. The van der Waals surface area contributed by atoms with Crippen molar-refractivity contribution in [2.75, 3.05) is 52.5 Å². The Morgan fingerprint density at radius 2 is 1.86 bits per heavy atom. The molecule has 0 aromatic heterocycles. The van der Waals surface area contributed by atoms with Crippen molar-refractivity contribution >= 4 is 11.9 Å². The zero-order valence-electron chi connectivity index (χ0n) is 12.5. The molecule has 0 unspecified atom stereocenters. The molecule has 1 heterocycles. The number of nitrogens with zero attached hydrogens (tertiary/aromatic N) is 2. The van der Waals surface area contributed by atoms with Crippen LogP contribution in [-0.2, 0) is 19.1 Å². The Labute approximate surface area is 127 Å². The van der Waals surface area contributed by atoms with Crippen LogP contribution in [0.1, 0.15) is 13.3 Å². The van der Waals surface area contributed by atoms with E-state index in [1.807, 2.05) is 4.90 Å². The van der Waals surface area contributed by atoms with Crippen molar-refractivity contribution in [2.24, 2.45) is 0 Å². The molecule has 1 aliphatic heterocycles. The van der Waals surface area contributed by atoms with Crippen LogP contribution in [0, 0.1) is 0 Å². The number of morpholine rings is 1. The van der Waals surface area contributed by atoms with Gasteiger partial charge in [0.1, 0.15) is 0 Å². The fourth-order valence-electron chi connectivity index (χ4n) is 2.04. The van der Waals surface area contributed by atoms with Crippen molar-refractivity contribution in [3.8, 4) is 0 Å². The van der Waals surface area contributed by atoms with Crippen molar-refractivity contribution in [1.82, 2.24) is 9.80 Å². The molecule has 0 N–H and O–H groups in total. The number of carbonyl (C=O) groups is 2. The van der Waals surface area contributed by atoms with E-state index in [0.29, 0.717) is 37.7 Å². The molecule has 0 radical (unpaired) electrons. The predicted octanol–water partition coefficient (Wildman–Crippen LogP) is 0.663. The second kappa shape index (κ2) is 8.94. The minimum Gasteiger partial charge on any atom is -0.466 e. The number of esters is 1. The number of hydrogen-bond acceptors (Lipinski definition) is 5. The van der Waals surface area contributed by atoms with E-state index in [0.717, 1.165) is 0 Å². The summed E-state index contributed by atoms with van der Waals surface area (Å²) in [6.07, 6.45) is -5.20. The van der Waals surface area contributed by atoms with Gasteiger partial charge in [-0.25, -0.2) is 0 Å². The van der Waals surface area contributed by atoms with Gasteiger partial charge in [0.2, 0.25) is 0 Å². The third-order valence-corrected chi connectivity index (χ3v) is 3.21. The monoisotopic (exact) mass is 326 g/mol. The topological polar surface area (TPSA) is 59.1 Å². The van der Waals surface area contributed by atoms with Gasteiger partial charge >= 0.3 is 18.1 Å². The van der Waals surface area contributed by atoms with E-state index in [1.165, 1.54) is 0 Å². The fraction of sp³-hybridized carbons (Fsp3) is 0.846. The molecule has 0 aromatic carbocycles. The van der Waals surface area contributed by atoms with Gasteiger partial charge in [0.05, 0.1) is 26.2 Å². The molecule has 1 fully saturated rings. The number of ether oxygens (including phenoxy) is 2.